The van der Waals surface area contributed by atoms with E-state index in [1.807, 2.05) is 0 Å². The molecule has 242 valence electrons. The third-order valence-corrected chi connectivity index (χ3v) is 9.64. The number of hydrogen-bond acceptors (Lipinski definition) is 0. The second-order valence-corrected chi connectivity index (χ2v) is 13.6. The molecule has 0 radical (unpaired) electrons. The van der Waals surface area contributed by atoms with Gasteiger partial charge in [-0.15, -0.1) is 0 Å². The Morgan fingerprint density at radius 2 is 0.805 bits per heavy atom. The highest BCUT2D eigenvalue weighted by atomic mass is 15.1. The van der Waals surface area contributed by atoms with Crippen LogP contribution in [0.3, 0.4) is 0 Å². The van der Waals surface area contributed by atoms with Crippen LogP contribution < -0.4 is 4.57 Å². The first kappa shape index (κ1) is 38.2. The molecular formula is C39H77N2+. The Morgan fingerprint density at radius 1 is 0.463 bits per heavy atom. The highest BCUT2D eigenvalue weighted by molar-refractivity contribution is 4.90. The summed E-state index contributed by atoms with van der Waals surface area (Å²) in [5, 5.41) is 0. The van der Waals surface area contributed by atoms with Crippen molar-refractivity contribution >= 4 is 0 Å². The molecule has 0 saturated carbocycles. The molecule has 0 spiro atoms. The van der Waals surface area contributed by atoms with Crippen LogP contribution in [0.4, 0.5) is 0 Å². The van der Waals surface area contributed by atoms with Crippen molar-refractivity contribution in [3.05, 3.63) is 18.2 Å². The summed E-state index contributed by atoms with van der Waals surface area (Å²) in [5.74, 6) is 2.23. The van der Waals surface area contributed by atoms with Crippen LogP contribution >= 0.6 is 0 Å². The van der Waals surface area contributed by atoms with E-state index in [2.05, 4.69) is 49.6 Å². The van der Waals surface area contributed by atoms with Crippen molar-refractivity contribution in [3.8, 4) is 0 Å². The third kappa shape index (κ3) is 21.5. The molecule has 0 aromatic carbocycles. The van der Waals surface area contributed by atoms with Gasteiger partial charge in [-0.3, -0.25) is 0 Å². The lowest BCUT2D eigenvalue weighted by Gasteiger charge is -2.17. The van der Waals surface area contributed by atoms with Gasteiger partial charge in [0.25, 0.3) is 5.82 Å². The molecule has 0 saturated heterocycles. The minimum Gasteiger partial charge on any atom is -0.247 e. The van der Waals surface area contributed by atoms with Crippen molar-refractivity contribution in [2.75, 3.05) is 0 Å². The van der Waals surface area contributed by atoms with Gasteiger partial charge < -0.3 is 0 Å². The van der Waals surface area contributed by atoms with Gasteiger partial charge in [-0.1, -0.05) is 188 Å². The number of H-pyrrole nitrogens is 1. The summed E-state index contributed by atoms with van der Waals surface area (Å²) in [7, 11) is 0. The molecule has 0 bridgehead atoms. The van der Waals surface area contributed by atoms with Crippen LogP contribution in [0.15, 0.2) is 12.4 Å². The summed E-state index contributed by atoms with van der Waals surface area (Å²) in [6, 6.07) is 0.618. The fourth-order valence-electron chi connectivity index (χ4n) is 6.77. The molecule has 2 unspecified atom stereocenters. The normalized spacial score (nSPS) is 13.2. The Hall–Kier alpha value is -0.790. The van der Waals surface area contributed by atoms with Gasteiger partial charge >= 0.3 is 0 Å². The zero-order chi connectivity index (χ0) is 29.6. The molecule has 41 heavy (non-hydrogen) atoms. The van der Waals surface area contributed by atoms with Crippen LogP contribution in [-0.4, -0.2) is 4.98 Å². The van der Waals surface area contributed by atoms with Crippen LogP contribution in [0.5, 0.6) is 0 Å². The van der Waals surface area contributed by atoms with Gasteiger partial charge in [0.1, 0.15) is 12.4 Å². The zero-order valence-corrected chi connectivity index (χ0v) is 29.0. The van der Waals surface area contributed by atoms with Crippen molar-refractivity contribution in [2.45, 2.75) is 232 Å². The number of aromatic amines is 1. The minimum atomic E-state index is 0.618. The largest absolute Gasteiger partial charge is 0.257 e. The van der Waals surface area contributed by atoms with E-state index < -0.39 is 0 Å². The van der Waals surface area contributed by atoms with Crippen molar-refractivity contribution in [2.24, 2.45) is 0 Å². The predicted molar refractivity (Wildman–Crippen MR) is 184 cm³/mol. The summed E-state index contributed by atoms with van der Waals surface area (Å²) in [5.41, 5.74) is 0. The Balaban J connectivity index is 2.22. The fourth-order valence-corrected chi connectivity index (χ4v) is 6.77. The summed E-state index contributed by atoms with van der Waals surface area (Å²) >= 11 is 0. The smallest absolute Gasteiger partial charge is 0.247 e. The molecule has 0 aliphatic heterocycles. The average molecular weight is 574 g/mol. The predicted octanol–water partition coefficient (Wildman–Crippen LogP) is 13.7. The van der Waals surface area contributed by atoms with Crippen molar-refractivity contribution < 1.29 is 4.57 Å². The second-order valence-electron chi connectivity index (χ2n) is 13.6. The lowest BCUT2D eigenvalue weighted by molar-refractivity contribution is -0.727. The van der Waals surface area contributed by atoms with Crippen LogP contribution in [0.25, 0.3) is 0 Å². The first-order valence-electron chi connectivity index (χ1n) is 19.3. The monoisotopic (exact) mass is 574 g/mol. The number of nitrogens with one attached hydrogen (secondary N) is 1. The van der Waals surface area contributed by atoms with Gasteiger partial charge in [-0.05, 0) is 32.6 Å². The molecule has 1 heterocycles. The SMILES string of the molecule is CCCCCCCCCCCCCCCCCCCC(CCCCCCCCCC)c1[nH]cc[n+]1C(C)CCCC. The number of hydrogen-bond donors (Lipinski definition) is 1. The molecule has 0 amide bonds. The number of imidazole rings is 1. The van der Waals surface area contributed by atoms with Gasteiger partial charge in [0, 0.05) is 0 Å². The van der Waals surface area contributed by atoms with Gasteiger partial charge in [-0.2, -0.15) is 0 Å². The van der Waals surface area contributed by atoms with Gasteiger partial charge in [0.2, 0.25) is 0 Å². The van der Waals surface area contributed by atoms with E-state index in [9.17, 15) is 0 Å². The van der Waals surface area contributed by atoms with Crippen molar-refractivity contribution in [1.29, 1.82) is 0 Å². The van der Waals surface area contributed by atoms with E-state index in [1.54, 1.807) is 0 Å². The zero-order valence-electron chi connectivity index (χ0n) is 29.0. The molecule has 0 fully saturated rings. The van der Waals surface area contributed by atoms with Crippen molar-refractivity contribution in [1.82, 2.24) is 4.98 Å². The van der Waals surface area contributed by atoms with Gasteiger partial charge in [0.05, 0.1) is 12.0 Å². The second kappa shape index (κ2) is 29.3. The molecule has 0 aliphatic rings. The highest BCUT2D eigenvalue weighted by Gasteiger charge is 2.25. The number of unbranched alkanes of at least 4 members (excludes halogenated alkanes) is 24. The van der Waals surface area contributed by atoms with E-state index >= 15 is 0 Å². The standard InChI is InChI=1S/C39H76N2/c1-5-8-11-13-15-17-18-19-20-21-22-23-24-25-27-29-31-34-38(33-30-28-26-16-14-12-9-6-2)39-40-35-36-41(39)37(4)32-10-7-3/h35-38H,5-34H2,1-4H3/p+1. The van der Waals surface area contributed by atoms with E-state index in [1.165, 1.54) is 198 Å². The van der Waals surface area contributed by atoms with E-state index in [4.69, 9.17) is 0 Å². The van der Waals surface area contributed by atoms with Crippen LogP contribution in [-0.2, 0) is 0 Å². The number of rotatable bonds is 32. The maximum atomic E-state index is 3.71. The Morgan fingerprint density at radius 3 is 1.17 bits per heavy atom. The number of nitrogens with zero attached hydrogens (tertiary/aromatic N) is 1. The molecule has 2 atom stereocenters. The highest BCUT2D eigenvalue weighted by Crippen LogP contribution is 2.27. The van der Waals surface area contributed by atoms with Crippen LogP contribution in [0.2, 0.25) is 0 Å². The van der Waals surface area contributed by atoms with Gasteiger partial charge in [-0.25, -0.2) is 9.55 Å². The summed E-state index contributed by atoms with van der Waals surface area (Å²) in [6.45, 7) is 9.37. The quantitative estimate of drug-likeness (QED) is 0.0653. The van der Waals surface area contributed by atoms with E-state index in [-0.39, 0.29) is 0 Å². The number of aromatic nitrogens is 2. The van der Waals surface area contributed by atoms with Crippen LogP contribution in [0, 0.1) is 0 Å². The minimum absolute atomic E-state index is 0.618. The molecule has 1 aromatic heterocycles. The Labute approximate surface area is 259 Å². The third-order valence-electron chi connectivity index (χ3n) is 9.64. The van der Waals surface area contributed by atoms with Crippen LogP contribution in [0.1, 0.15) is 238 Å². The molecule has 1 N–H and O–H groups in total. The average Bonchev–Trinajstić information content (AvgIpc) is 3.48. The molecule has 0 aliphatic carbocycles. The molecule has 1 aromatic rings. The van der Waals surface area contributed by atoms with Gasteiger partial charge in [0.15, 0.2) is 0 Å². The molecular weight excluding hydrogens is 496 g/mol. The maximum absolute atomic E-state index is 3.71. The van der Waals surface area contributed by atoms with E-state index in [0.29, 0.717) is 12.0 Å². The Kier molecular flexibility index (Phi) is 27.3. The molecule has 1 rings (SSSR count). The van der Waals surface area contributed by atoms with Crippen molar-refractivity contribution in [3.63, 3.8) is 0 Å². The molecule has 2 heteroatoms. The maximum Gasteiger partial charge on any atom is 0.257 e. The Bertz CT molecular complexity index is 635. The summed E-state index contributed by atoms with van der Waals surface area (Å²) in [4.78, 5) is 3.71. The molecule has 2 nitrogen and oxygen atoms in total. The summed E-state index contributed by atoms with van der Waals surface area (Å²) in [6.07, 6.45) is 47.3. The first-order chi connectivity index (χ1) is 20.2. The summed E-state index contributed by atoms with van der Waals surface area (Å²) < 4.78 is 2.60. The lowest BCUT2D eigenvalue weighted by Crippen LogP contribution is -2.41. The van der Waals surface area contributed by atoms with E-state index in [0.717, 1.165) is 0 Å². The topological polar surface area (TPSA) is 19.7 Å². The fraction of sp³-hybridized carbons (Fsp3) is 0.923. The first-order valence-corrected chi connectivity index (χ1v) is 19.3. The lowest BCUT2D eigenvalue weighted by atomic mass is 9.92.